The molecule has 0 radical (unpaired) electrons. The number of aliphatic hydroxyl groups excluding tert-OH is 1. The summed E-state index contributed by atoms with van der Waals surface area (Å²) in [5, 5.41) is 20.7. The first kappa shape index (κ1) is 15.9. The summed E-state index contributed by atoms with van der Waals surface area (Å²) in [6.45, 7) is 4.46. The third-order valence-corrected chi connectivity index (χ3v) is 2.85. The quantitative estimate of drug-likeness (QED) is 0.471. The van der Waals surface area contributed by atoms with Crippen molar-refractivity contribution in [2.75, 3.05) is 19.8 Å². The molecule has 1 atom stereocenters. The van der Waals surface area contributed by atoms with Crippen molar-refractivity contribution in [2.24, 2.45) is 0 Å². The number of hydrogen-bond donors (Lipinski definition) is 1. The zero-order valence-electron chi connectivity index (χ0n) is 10.8. The van der Waals surface area contributed by atoms with Crippen LogP contribution in [0.25, 0.3) is 0 Å². The van der Waals surface area contributed by atoms with Crippen LogP contribution in [-0.2, 0) is 4.74 Å². The van der Waals surface area contributed by atoms with Crippen molar-refractivity contribution in [1.82, 2.24) is 0 Å². The molecule has 1 aromatic rings. The largest absolute Gasteiger partial charge is 0.484 e. The van der Waals surface area contributed by atoms with Gasteiger partial charge in [-0.25, -0.2) is 0 Å². The molecule has 0 bridgehead atoms. The Balaban J connectivity index is 3.05. The number of aliphatic hydroxyl groups is 1. The van der Waals surface area contributed by atoms with Crippen molar-refractivity contribution in [3.05, 3.63) is 32.3 Å². The topological polar surface area (TPSA) is 81.8 Å². The molecule has 0 fully saturated rings. The molecule has 0 amide bonds. The lowest BCUT2D eigenvalue weighted by atomic mass is 10.1. The Hall–Kier alpha value is -1.18. The monoisotopic (exact) mass is 333 g/mol. The van der Waals surface area contributed by atoms with E-state index in [2.05, 4.69) is 15.9 Å². The Kier molecular flexibility index (Phi) is 6.20. The number of nitro benzene ring substituents is 1. The zero-order valence-corrected chi connectivity index (χ0v) is 12.3. The molecule has 0 unspecified atom stereocenters. The summed E-state index contributed by atoms with van der Waals surface area (Å²) >= 11 is 3.18. The van der Waals surface area contributed by atoms with Crippen LogP contribution in [-0.4, -0.2) is 29.9 Å². The molecular weight excluding hydrogens is 318 g/mol. The lowest BCUT2D eigenvalue weighted by Crippen LogP contribution is -2.10. The average Bonchev–Trinajstić information content (AvgIpc) is 2.34. The van der Waals surface area contributed by atoms with Crippen LogP contribution in [0.4, 0.5) is 5.69 Å². The molecule has 0 aliphatic heterocycles. The predicted molar refractivity (Wildman–Crippen MR) is 73.4 cm³/mol. The Bertz CT molecular complexity index is 450. The van der Waals surface area contributed by atoms with E-state index in [-0.39, 0.29) is 18.0 Å². The fourth-order valence-electron chi connectivity index (χ4n) is 1.55. The van der Waals surface area contributed by atoms with Crippen LogP contribution in [0.1, 0.15) is 25.5 Å². The van der Waals surface area contributed by atoms with E-state index >= 15 is 0 Å². The fraction of sp³-hybridized carbons (Fsp3) is 0.500. The van der Waals surface area contributed by atoms with Crippen LogP contribution in [0.15, 0.2) is 16.6 Å². The van der Waals surface area contributed by atoms with E-state index in [0.29, 0.717) is 23.2 Å². The summed E-state index contributed by atoms with van der Waals surface area (Å²) in [5.74, 6) is 0.0860. The van der Waals surface area contributed by atoms with Gasteiger partial charge in [0.25, 0.3) is 0 Å². The maximum atomic E-state index is 11.0. The molecule has 0 aliphatic carbocycles. The minimum absolute atomic E-state index is 0.0860. The van der Waals surface area contributed by atoms with Gasteiger partial charge in [0.15, 0.2) is 0 Å². The highest BCUT2D eigenvalue weighted by atomic mass is 79.9. The zero-order chi connectivity index (χ0) is 14.4. The summed E-state index contributed by atoms with van der Waals surface area (Å²) in [7, 11) is 0. The van der Waals surface area contributed by atoms with E-state index in [9.17, 15) is 15.2 Å². The van der Waals surface area contributed by atoms with Gasteiger partial charge >= 0.3 is 5.69 Å². The molecule has 0 aromatic heterocycles. The Morgan fingerprint density at radius 3 is 2.68 bits per heavy atom. The standard InChI is InChI=1S/C12H16BrNO5/c1-3-18-4-5-19-12-10(8(2)15)6-9(13)7-11(12)14(16)17/h6-8,15H,3-5H2,1-2H3/t8-/m1/s1. The maximum absolute atomic E-state index is 11.0. The number of rotatable bonds is 7. The molecule has 0 aliphatic rings. The van der Waals surface area contributed by atoms with Crippen molar-refractivity contribution < 1.29 is 19.5 Å². The SMILES string of the molecule is CCOCCOc1c([C@@H](C)O)cc(Br)cc1[N+](=O)[O-]. The van der Waals surface area contributed by atoms with Gasteiger partial charge in [-0.05, 0) is 19.9 Å². The fourth-order valence-corrected chi connectivity index (χ4v) is 2.01. The van der Waals surface area contributed by atoms with E-state index in [1.54, 1.807) is 6.07 Å². The van der Waals surface area contributed by atoms with Gasteiger partial charge in [-0.15, -0.1) is 0 Å². The van der Waals surface area contributed by atoms with Gasteiger partial charge in [-0.1, -0.05) is 15.9 Å². The van der Waals surface area contributed by atoms with Crippen LogP contribution in [0, 0.1) is 10.1 Å². The van der Waals surface area contributed by atoms with Crippen molar-refractivity contribution in [1.29, 1.82) is 0 Å². The second-order valence-electron chi connectivity index (χ2n) is 3.82. The first-order chi connectivity index (χ1) is 8.97. The molecule has 19 heavy (non-hydrogen) atoms. The van der Waals surface area contributed by atoms with Crippen LogP contribution in [0.3, 0.4) is 0 Å². The lowest BCUT2D eigenvalue weighted by Gasteiger charge is -2.14. The Labute approximate surface area is 119 Å². The van der Waals surface area contributed by atoms with E-state index < -0.39 is 11.0 Å². The van der Waals surface area contributed by atoms with E-state index in [1.807, 2.05) is 6.92 Å². The minimum atomic E-state index is -0.863. The second-order valence-corrected chi connectivity index (χ2v) is 4.74. The van der Waals surface area contributed by atoms with Gasteiger partial charge in [0.05, 0.1) is 17.6 Å². The van der Waals surface area contributed by atoms with Gasteiger partial charge in [0, 0.05) is 22.7 Å². The second kappa shape index (κ2) is 7.42. The number of ether oxygens (including phenoxy) is 2. The number of nitrogens with zero attached hydrogens (tertiary/aromatic N) is 1. The smallest absolute Gasteiger partial charge is 0.312 e. The van der Waals surface area contributed by atoms with Crippen molar-refractivity contribution in [2.45, 2.75) is 20.0 Å². The first-order valence-corrected chi connectivity index (χ1v) is 6.63. The molecule has 1 rings (SSSR count). The lowest BCUT2D eigenvalue weighted by molar-refractivity contribution is -0.386. The highest BCUT2D eigenvalue weighted by molar-refractivity contribution is 9.10. The van der Waals surface area contributed by atoms with E-state index in [0.717, 1.165) is 0 Å². The van der Waals surface area contributed by atoms with E-state index in [1.165, 1.54) is 13.0 Å². The van der Waals surface area contributed by atoms with Crippen molar-refractivity contribution >= 4 is 21.6 Å². The number of halogens is 1. The minimum Gasteiger partial charge on any atom is -0.484 e. The molecule has 106 valence electrons. The number of hydrogen-bond acceptors (Lipinski definition) is 5. The summed E-state index contributed by atoms with van der Waals surface area (Å²) in [4.78, 5) is 10.5. The van der Waals surface area contributed by atoms with Crippen molar-refractivity contribution in [3.63, 3.8) is 0 Å². The molecule has 1 aromatic carbocycles. The van der Waals surface area contributed by atoms with Gasteiger partial charge in [-0.3, -0.25) is 10.1 Å². The molecule has 0 spiro atoms. The molecule has 7 heteroatoms. The Morgan fingerprint density at radius 1 is 1.47 bits per heavy atom. The van der Waals surface area contributed by atoms with Crippen LogP contribution in [0.5, 0.6) is 5.75 Å². The highest BCUT2D eigenvalue weighted by Gasteiger charge is 2.23. The normalized spacial score (nSPS) is 12.2. The summed E-state index contributed by atoms with van der Waals surface area (Å²) in [6.07, 6.45) is -0.863. The van der Waals surface area contributed by atoms with Crippen LogP contribution < -0.4 is 4.74 Å². The van der Waals surface area contributed by atoms with Crippen LogP contribution in [0.2, 0.25) is 0 Å². The highest BCUT2D eigenvalue weighted by Crippen LogP contribution is 2.37. The van der Waals surface area contributed by atoms with Crippen LogP contribution >= 0.6 is 15.9 Å². The Morgan fingerprint density at radius 2 is 2.16 bits per heavy atom. The molecule has 1 N–H and O–H groups in total. The average molecular weight is 334 g/mol. The third-order valence-electron chi connectivity index (χ3n) is 2.39. The molecule has 6 nitrogen and oxygen atoms in total. The van der Waals surface area contributed by atoms with Gasteiger partial charge in [0.1, 0.15) is 6.61 Å². The molecular formula is C12H16BrNO5. The van der Waals surface area contributed by atoms with Gasteiger partial charge in [-0.2, -0.15) is 0 Å². The van der Waals surface area contributed by atoms with Gasteiger partial charge in [0.2, 0.25) is 5.75 Å². The summed E-state index contributed by atoms with van der Waals surface area (Å²) < 4.78 is 11.0. The maximum Gasteiger partial charge on any atom is 0.312 e. The van der Waals surface area contributed by atoms with Gasteiger partial charge < -0.3 is 14.6 Å². The molecule has 0 saturated carbocycles. The molecule has 0 heterocycles. The summed E-state index contributed by atoms with van der Waals surface area (Å²) in [6, 6.07) is 2.95. The molecule has 0 saturated heterocycles. The first-order valence-electron chi connectivity index (χ1n) is 5.83. The number of benzene rings is 1. The van der Waals surface area contributed by atoms with E-state index in [4.69, 9.17) is 9.47 Å². The third kappa shape index (κ3) is 4.45. The predicted octanol–water partition coefficient (Wildman–Crippen LogP) is 2.83. The summed E-state index contributed by atoms with van der Waals surface area (Å²) in [5.41, 5.74) is 0.194. The van der Waals surface area contributed by atoms with Crippen molar-refractivity contribution in [3.8, 4) is 5.75 Å². The number of nitro groups is 1.